The second-order valence-electron chi connectivity index (χ2n) is 3.13. The normalized spacial score (nSPS) is 17.5. The van der Waals surface area contributed by atoms with E-state index in [-0.39, 0.29) is 12.6 Å². The molecule has 5 heteroatoms. The van der Waals surface area contributed by atoms with Crippen molar-refractivity contribution >= 4 is 0 Å². The summed E-state index contributed by atoms with van der Waals surface area (Å²) in [5.41, 5.74) is 10.5. The molecule has 0 bridgehead atoms. The third-order valence-electron chi connectivity index (χ3n) is 1.56. The van der Waals surface area contributed by atoms with E-state index in [1.165, 1.54) is 0 Å². The van der Waals surface area contributed by atoms with Gasteiger partial charge in [-0.25, -0.2) is 0 Å². The molecule has 0 heterocycles. The van der Waals surface area contributed by atoms with Crippen LogP contribution in [0.15, 0.2) is 0 Å². The predicted molar refractivity (Wildman–Crippen MR) is 41.5 cm³/mol. The van der Waals surface area contributed by atoms with Crippen LogP contribution in [-0.2, 0) is 0 Å². The zero-order chi connectivity index (χ0) is 9.78. The Labute approximate surface area is 70.1 Å². The zero-order valence-electron chi connectivity index (χ0n) is 7.06. The van der Waals surface area contributed by atoms with Crippen LogP contribution in [0.2, 0.25) is 0 Å². The van der Waals surface area contributed by atoms with Crippen molar-refractivity contribution in [2.45, 2.75) is 32.0 Å². The van der Waals surface area contributed by atoms with Gasteiger partial charge < -0.3 is 11.5 Å². The number of halogens is 3. The summed E-state index contributed by atoms with van der Waals surface area (Å²) in [4.78, 5) is 0. The van der Waals surface area contributed by atoms with Gasteiger partial charge in [0.1, 0.15) is 0 Å². The molecule has 0 aromatic carbocycles. The molecule has 0 rings (SSSR count). The predicted octanol–water partition coefficient (Wildman–Crippen LogP) is 1.25. The Morgan fingerprint density at radius 3 is 2.08 bits per heavy atom. The van der Waals surface area contributed by atoms with E-state index in [0.717, 1.165) is 0 Å². The van der Waals surface area contributed by atoms with Crippen molar-refractivity contribution in [1.82, 2.24) is 0 Å². The van der Waals surface area contributed by atoms with E-state index in [0.29, 0.717) is 6.42 Å². The van der Waals surface area contributed by atoms with Gasteiger partial charge in [0.05, 0.1) is 0 Å². The molecule has 0 spiro atoms. The molecule has 2 nitrogen and oxygen atoms in total. The number of rotatable bonds is 4. The van der Waals surface area contributed by atoms with Gasteiger partial charge in [-0.1, -0.05) is 0 Å². The highest BCUT2D eigenvalue weighted by molar-refractivity contribution is 4.69. The minimum atomic E-state index is -4.13. The quantitative estimate of drug-likeness (QED) is 0.690. The lowest BCUT2D eigenvalue weighted by atomic mass is 9.97. The summed E-state index contributed by atoms with van der Waals surface area (Å²) in [5.74, 6) is -0.537. The van der Waals surface area contributed by atoms with Crippen LogP contribution in [0.5, 0.6) is 0 Å². The van der Waals surface area contributed by atoms with Crippen LogP contribution in [0.3, 0.4) is 0 Å². The minimum Gasteiger partial charge on any atom is -0.330 e. The van der Waals surface area contributed by atoms with Crippen LogP contribution < -0.4 is 11.5 Å². The third kappa shape index (κ3) is 6.42. The monoisotopic (exact) mass is 184 g/mol. The maximum Gasteiger partial charge on any atom is 0.389 e. The lowest BCUT2D eigenvalue weighted by molar-refractivity contribution is -0.144. The topological polar surface area (TPSA) is 52.0 Å². The highest BCUT2D eigenvalue weighted by atomic mass is 19.4. The standard InChI is InChI=1S/C7H15F3N2/c1-5(12)2-6(4-11)3-7(8,9)10/h5-6H,2-4,11-12H2,1H3. The van der Waals surface area contributed by atoms with Crippen molar-refractivity contribution in [3.8, 4) is 0 Å². The summed E-state index contributed by atoms with van der Waals surface area (Å²) in [5, 5.41) is 0. The van der Waals surface area contributed by atoms with E-state index in [9.17, 15) is 13.2 Å². The third-order valence-corrected chi connectivity index (χ3v) is 1.56. The lowest BCUT2D eigenvalue weighted by Gasteiger charge is -2.18. The van der Waals surface area contributed by atoms with Crippen LogP contribution >= 0.6 is 0 Å². The van der Waals surface area contributed by atoms with Crippen LogP contribution in [0.25, 0.3) is 0 Å². The number of hydrogen-bond donors (Lipinski definition) is 2. The van der Waals surface area contributed by atoms with Crippen molar-refractivity contribution in [3.63, 3.8) is 0 Å². The van der Waals surface area contributed by atoms with Gasteiger partial charge in [-0.05, 0) is 25.8 Å². The van der Waals surface area contributed by atoms with E-state index < -0.39 is 18.5 Å². The maximum atomic E-state index is 11.8. The van der Waals surface area contributed by atoms with Crippen LogP contribution in [0.1, 0.15) is 19.8 Å². The van der Waals surface area contributed by atoms with Gasteiger partial charge in [-0.15, -0.1) is 0 Å². The lowest BCUT2D eigenvalue weighted by Crippen LogP contribution is -2.28. The highest BCUT2D eigenvalue weighted by Crippen LogP contribution is 2.26. The first-order chi connectivity index (χ1) is 5.35. The van der Waals surface area contributed by atoms with E-state index in [1.807, 2.05) is 0 Å². The first-order valence-corrected chi connectivity index (χ1v) is 3.87. The molecule has 0 aromatic rings. The fourth-order valence-electron chi connectivity index (χ4n) is 1.12. The minimum absolute atomic E-state index is 0.0427. The number of alkyl halides is 3. The second kappa shape index (κ2) is 4.67. The molecular formula is C7H15F3N2. The SMILES string of the molecule is CC(N)CC(CN)CC(F)(F)F. The summed E-state index contributed by atoms with van der Waals surface area (Å²) in [6.07, 6.45) is -4.63. The van der Waals surface area contributed by atoms with E-state index in [4.69, 9.17) is 11.5 Å². The van der Waals surface area contributed by atoms with Crippen LogP contribution in [0, 0.1) is 5.92 Å². The number of nitrogens with two attached hydrogens (primary N) is 2. The van der Waals surface area contributed by atoms with Crippen molar-refractivity contribution in [2.24, 2.45) is 17.4 Å². The summed E-state index contributed by atoms with van der Waals surface area (Å²) in [6.45, 7) is 1.72. The van der Waals surface area contributed by atoms with Gasteiger partial charge in [0, 0.05) is 12.5 Å². The van der Waals surface area contributed by atoms with Crippen molar-refractivity contribution in [2.75, 3.05) is 6.54 Å². The molecule has 0 fully saturated rings. The summed E-state index contributed by atoms with van der Waals surface area (Å²) < 4.78 is 35.5. The van der Waals surface area contributed by atoms with Crippen LogP contribution in [0.4, 0.5) is 13.2 Å². The van der Waals surface area contributed by atoms with Crippen molar-refractivity contribution in [1.29, 1.82) is 0 Å². The molecule has 74 valence electrons. The molecule has 0 saturated carbocycles. The Kier molecular flexibility index (Phi) is 4.55. The molecule has 4 N–H and O–H groups in total. The second-order valence-corrected chi connectivity index (χ2v) is 3.13. The van der Waals surface area contributed by atoms with Gasteiger partial charge in [0.25, 0.3) is 0 Å². The Balaban J connectivity index is 3.83. The molecule has 12 heavy (non-hydrogen) atoms. The fourth-order valence-corrected chi connectivity index (χ4v) is 1.12. The van der Waals surface area contributed by atoms with Crippen molar-refractivity contribution < 1.29 is 13.2 Å². The maximum absolute atomic E-state index is 11.8. The van der Waals surface area contributed by atoms with E-state index >= 15 is 0 Å². The molecule has 0 aliphatic heterocycles. The molecule has 0 aromatic heterocycles. The van der Waals surface area contributed by atoms with Gasteiger partial charge in [0.2, 0.25) is 0 Å². The van der Waals surface area contributed by atoms with Gasteiger partial charge in [-0.3, -0.25) is 0 Å². The molecule has 0 aliphatic carbocycles. The largest absolute Gasteiger partial charge is 0.389 e. The first kappa shape index (κ1) is 11.7. The molecule has 0 saturated heterocycles. The smallest absolute Gasteiger partial charge is 0.330 e. The molecule has 2 atom stereocenters. The van der Waals surface area contributed by atoms with Gasteiger partial charge in [0.15, 0.2) is 0 Å². The molecule has 2 unspecified atom stereocenters. The van der Waals surface area contributed by atoms with E-state index in [2.05, 4.69) is 0 Å². The van der Waals surface area contributed by atoms with Crippen LogP contribution in [-0.4, -0.2) is 18.8 Å². The van der Waals surface area contributed by atoms with Crippen molar-refractivity contribution in [3.05, 3.63) is 0 Å². The fraction of sp³-hybridized carbons (Fsp3) is 1.00. The average Bonchev–Trinajstić information content (AvgIpc) is 1.82. The summed E-state index contributed by atoms with van der Waals surface area (Å²) >= 11 is 0. The molecule has 0 amide bonds. The first-order valence-electron chi connectivity index (χ1n) is 3.87. The average molecular weight is 184 g/mol. The molecule has 0 radical (unpaired) electrons. The Morgan fingerprint density at radius 1 is 1.33 bits per heavy atom. The number of hydrogen-bond acceptors (Lipinski definition) is 2. The van der Waals surface area contributed by atoms with Gasteiger partial charge >= 0.3 is 6.18 Å². The Bertz CT molecular complexity index is 122. The highest BCUT2D eigenvalue weighted by Gasteiger charge is 2.31. The molecular weight excluding hydrogens is 169 g/mol. The van der Waals surface area contributed by atoms with E-state index in [1.54, 1.807) is 6.92 Å². The zero-order valence-corrected chi connectivity index (χ0v) is 7.06. The Hall–Kier alpha value is -0.290. The van der Waals surface area contributed by atoms with Gasteiger partial charge in [-0.2, -0.15) is 13.2 Å². The Morgan fingerprint density at radius 2 is 1.83 bits per heavy atom. The summed E-state index contributed by atoms with van der Waals surface area (Å²) in [7, 11) is 0. The summed E-state index contributed by atoms with van der Waals surface area (Å²) in [6, 6.07) is -0.221. The molecule has 0 aliphatic rings.